The number of benzene rings is 1. The molecule has 0 aliphatic heterocycles. The number of carbonyl (C=O) groups is 1. The normalized spacial score (nSPS) is 15.2. The zero-order chi connectivity index (χ0) is 16.7. The van der Waals surface area contributed by atoms with Crippen molar-refractivity contribution in [1.82, 2.24) is 5.32 Å². The monoisotopic (exact) mass is 307 g/mol. The SMILES string of the molecule is CCC(NC(=O)CC(C)c1ccccc1OC)C(O)C(C)C. The van der Waals surface area contributed by atoms with E-state index in [-0.39, 0.29) is 23.8 Å². The highest BCUT2D eigenvalue weighted by molar-refractivity contribution is 5.77. The summed E-state index contributed by atoms with van der Waals surface area (Å²) < 4.78 is 5.35. The van der Waals surface area contributed by atoms with Crippen LogP contribution < -0.4 is 10.1 Å². The highest BCUT2D eigenvalue weighted by Crippen LogP contribution is 2.28. The maximum absolute atomic E-state index is 12.3. The van der Waals surface area contributed by atoms with Gasteiger partial charge in [0, 0.05) is 6.42 Å². The molecule has 0 radical (unpaired) electrons. The zero-order valence-electron chi connectivity index (χ0n) is 14.3. The summed E-state index contributed by atoms with van der Waals surface area (Å²) in [4.78, 5) is 12.3. The highest BCUT2D eigenvalue weighted by atomic mass is 16.5. The Balaban J connectivity index is 2.67. The minimum absolute atomic E-state index is 0.0371. The van der Waals surface area contributed by atoms with Gasteiger partial charge in [0.25, 0.3) is 0 Å². The predicted octanol–water partition coefficient (Wildman–Crippen LogP) is 3.10. The van der Waals surface area contributed by atoms with Gasteiger partial charge in [-0.1, -0.05) is 45.9 Å². The molecule has 124 valence electrons. The number of para-hydroxylation sites is 1. The van der Waals surface area contributed by atoms with Gasteiger partial charge in [0.1, 0.15) is 5.75 Å². The van der Waals surface area contributed by atoms with E-state index in [2.05, 4.69) is 5.32 Å². The van der Waals surface area contributed by atoms with Crippen LogP contribution in [0.4, 0.5) is 0 Å². The first-order valence-electron chi connectivity index (χ1n) is 8.01. The van der Waals surface area contributed by atoms with Gasteiger partial charge in [-0.25, -0.2) is 0 Å². The number of ether oxygens (including phenoxy) is 1. The lowest BCUT2D eigenvalue weighted by molar-refractivity contribution is -0.123. The van der Waals surface area contributed by atoms with Crippen molar-refractivity contribution in [3.8, 4) is 5.75 Å². The maximum Gasteiger partial charge on any atom is 0.220 e. The maximum atomic E-state index is 12.3. The van der Waals surface area contributed by atoms with Crippen molar-refractivity contribution < 1.29 is 14.6 Å². The topological polar surface area (TPSA) is 58.6 Å². The smallest absolute Gasteiger partial charge is 0.220 e. The summed E-state index contributed by atoms with van der Waals surface area (Å²) in [6.45, 7) is 7.89. The average molecular weight is 307 g/mol. The second-order valence-corrected chi connectivity index (χ2v) is 6.16. The van der Waals surface area contributed by atoms with Crippen molar-refractivity contribution in [3.63, 3.8) is 0 Å². The lowest BCUT2D eigenvalue weighted by atomic mass is 9.94. The number of nitrogens with one attached hydrogen (secondary N) is 1. The third-order valence-electron chi connectivity index (χ3n) is 4.04. The van der Waals surface area contributed by atoms with Gasteiger partial charge in [0.2, 0.25) is 5.91 Å². The molecule has 4 nitrogen and oxygen atoms in total. The van der Waals surface area contributed by atoms with Crippen LogP contribution in [0.2, 0.25) is 0 Å². The first-order chi connectivity index (χ1) is 10.4. The fourth-order valence-corrected chi connectivity index (χ4v) is 2.62. The quantitative estimate of drug-likeness (QED) is 0.776. The summed E-state index contributed by atoms with van der Waals surface area (Å²) >= 11 is 0. The molecule has 1 amide bonds. The van der Waals surface area contributed by atoms with Crippen LogP contribution >= 0.6 is 0 Å². The van der Waals surface area contributed by atoms with Crippen LogP contribution in [0.25, 0.3) is 0 Å². The van der Waals surface area contributed by atoms with E-state index in [1.165, 1.54) is 0 Å². The molecule has 4 heteroatoms. The summed E-state index contributed by atoms with van der Waals surface area (Å²) in [5.41, 5.74) is 1.03. The Hall–Kier alpha value is -1.55. The van der Waals surface area contributed by atoms with E-state index < -0.39 is 6.10 Å². The molecule has 0 bridgehead atoms. The Bertz CT molecular complexity index is 473. The van der Waals surface area contributed by atoms with Crippen LogP contribution in [0.15, 0.2) is 24.3 Å². The number of carbonyl (C=O) groups excluding carboxylic acids is 1. The van der Waals surface area contributed by atoms with E-state index in [4.69, 9.17) is 4.74 Å². The Morgan fingerprint density at radius 2 is 1.91 bits per heavy atom. The van der Waals surface area contributed by atoms with Gasteiger partial charge in [-0.05, 0) is 29.9 Å². The number of methoxy groups -OCH3 is 1. The number of hydrogen-bond donors (Lipinski definition) is 2. The molecule has 0 aliphatic rings. The number of rotatable bonds is 8. The Morgan fingerprint density at radius 1 is 1.27 bits per heavy atom. The first kappa shape index (κ1) is 18.5. The fourth-order valence-electron chi connectivity index (χ4n) is 2.62. The van der Waals surface area contributed by atoms with Crippen molar-refractivity contribution in [2.45, 2.75) is 58.6 Å². The lowest BCUT2D eigenvalue weighted by Crippen LogP contribution is -2.45. The third kappa shape index (κ3) is 5.02. The Morgan fingerprint density at radius 3 is 2.45 bits per heavy atom. The molecular weight excluding hydrogens is 278 g/mol. The summed E-state index contributed by atoms with van der Waals surface area (Å²) in [6, 6.07) is 7.56. The fraction of sp³-hybridized carbons (Fsp3) is 0.611. The van der Waals surface area contributed by atoms with Crippen LogP contribution in [0.1, 0.15) is 52.0 Å². The molecule has 1 aromatic rings. The van der Waals surface area contributed by atoms with Gasteiger partial charge in [-0.2, -0.15) is 0 Å². The Labute approximate surface area is 133 Å². The Kier molecular flexibility index (Phi) is 7.39. The van der Waals surface area contributed by atoms with Crippen LogP contribution in [0.3, 0.4) is 0 Å². The summed E-state index contributed by atoms with van der Waals surface area (Å²) in [5, 5.41) is 13.1. The van der Waals surface area contributed by atoms with E-state index in [9.17, 15) is 9.90 Å². The molecule has 22 heavy (non-hydrogen) atoms. The van der Waals surface area contributed by atoms with Crippen LogP contribution in [-0.4, -0.2) is 30.3 Å². The van der Waals surface area contributed by atoms with Crippen LogP contribution in [0, 0.1) is 5.92 Å². The van der Waals surface area contributed by atoms with Crippen LogP contribution in [0.5, 0.6) is 5.75 Å². The van der Waals surface area contributed by atoms with Crippen molar-refractivity contribution in [2.75, 3.05) is 7.11 Å². The van der Waals surface area contributed by atoms with E-state index >= 15 is 0 Å². The average Bonchev–Trinajstić information content (AvgIpc) is 2.51. The molecule has 1 rings (SSSR count). The predicted molar refractivity (Wildman–Crippen MR) is 89.1 cm³/mol. The second-order valence-electron chi connectivity index (χ2n) is 6.16. The van der Waals surface area contributed by atoms with E-state index in [1.807, 2.05) is 52.0 Å². The molecule has 1 aromatic carbocycles. The van der Waals surface area contributed by atoms with E-state index in [0.717, 1.165) is 11.3 Å². The summed E-state index contributed by atoms with van der Waals surface area (Å²) in [5.74, 6) is 0.948. The molecule has 0 saturated carbocycles. The van der Waals surface area contributed by atoms with Gasteiger partial charge in [0.05, 0.1) is 19.3 Å². The van der Waals surface area contributed by atoms with Crippen molar-refractivity contribution in [3.05, 3.63) is 29.8 Å². The van der Waals surface area contributed by atoms with Gasteiger partial charge >= 0.3 is 0 Å². The molecule has 0 aliphatic carbocycles. The first-order valence-corrected chi connectivity index (χ1v) is 8.01. The molecule has 0 saturated heterocycles. The number of hydrogen-bond acceptors (Lipinski definition) is 3. The molecular formula is C18H29NO3. The van der Waals surface area contributed by atoms with Gasteiger partial charge in [0.15, 0.2) is 0 Å². The largest absolute Gasteiger partial charge is 0.496 e. The zero-order valence-corrected chi connectivity index (χ0v) is 14.3. The molecule has 0 fully saturated rings. The van der Waals surface area contributed by atoms with Crippen molar-refractivity contribution in [2.24, 2.45) is 5.92 Å². The number of amides is 1. The number of aliphatic hydroxyl groups excluding tert-OH is 1. The lowest BCUT2D eigenvalue weighted by Gasteiger charge is -2.26. The molecule has 0 spiro atoms. The molecule has 0 aromatic heterocycles. The molecule has 3 atom stereocenters. The minimum Gasteiger partial charge on any atom is -0.496 e. The van der Waals surface area contributed by atoms with Crippen molar-refractivity contribution >= 4 is 5.91 Å². The van der Waals surface area contributed by atoms with Crippen LogP contribution in [-0.2, 0) is 4.79 Å². The summed E-state index contributed by atoms with van der Waals surface area (Å²) in [6.07, 6.45) is 0.575. The molecule has 2 N–H and O–H groups in total. The second kappa shape index (κ2) is 8.79. The van der Waals surface area contributed by atoms with E-state index in [1.54, 1.807) is 7.11 Å². The van der Waals surface area contributed by atoms with E-state index in [0.29, 0.717) is 12.8 Å². The molecule has 0 heterocycles. The highest BCUT2D eigenvalue weighted by Gasteiger charge is 2.23. The standard InChI is InChI=1S/C18H29NO3/c1-6-15(18(21)12(2)3)19-17(20)11-13(4)14-9-7-8-10-16(14)22-5/h7-10,12-13,15,18,21H,6,11H2,1-5H3,(H,19,20). The van der Waals surface area contributed by atoms with Gasteiger partial charge < -0.3 is 15.2 Å². The van der Waals surface area contributed by atoms with Gasteiger partial charge in [-0.15, -0.1) is 0 Å². The summed E-state index contributed by atoms with van der Waals surface area (Å²) in [7, 11) is 1.64. The molecule has 3 unspecified atom stereocenters. The van der Waals surface area contributed by atoms with Crippen molar-refractivity contribution in [1.29, 1.82) is 0 Å². The minimum atomic E-state index is -0.518. The van der Waals surface area contributed by atoms with Gasteiger partial charge in [-0.3, -0.25) is 4.79 Å². The third-order valence-corrected chi connectivity index (χ3v) is 4.04. The number of aliphatic hydroxyl groups is 1.